The van der Waals surface area contributed by atoms with E-state index in [0.717, 1.165) is 11.1 Å². The first-order valence-electron chi connectivity index (χ1n) is 11.2. The van der Waals surface area contributed by atoms with Crippen molar-refractivity contribution in [2.45, 2.75) is 39.3 Å². The van der Waals surface area contributed by atoms with Crippen LogP contribution in [-0.2, 0) is 11.2 Å². The molecule has 0 saturated carbocycles. The zero-order valence-corrected chi connectivity index (χ0v) is 19.6. The molecule has 0 saturated heterocycles. The highest BCUT2D eigenvalue weighted by molar-refractivity contribution is 5.97. The second kappa shape index (κ2) is 11.0. The Morgan fingerprint density at radius 1 is 1.42 bits per heavy atom. The Labute approximate surface area is 194 Å². The maximum absolute atomic E-state index is 13.3. The number of fused-ring (bicyclic) bond motifs is 1. The van der Waals surface area contributed by atoms with Gasteiger partial charge in [-0.2, -0.15) is 0 Å². The van der Waals surface area contributed by atoms with Crippen LogP contribution in [0.3, 0.4) is 0 Å². The molecule has 176 valence electrons. The van der Waals surface area contributed by atoms with Gasteiger partial charge in [0.25, 0.3) is 5.91 Å². The molecular weight excluding hydrogens is 420 g/mol. The molecule has 2 amide bonds. The van der Waals surface area contributed by atoms with Gasteiger partial charge in [-0.1, -0.05) is 25.1 Å². The number of hydrogen-bond donors (Lipinski definition) is 1. The van der Waals surface area contributed by atoms with E-state index in [2.05, 4.69) is 9.97 Å². The van der Waals surface area contributed by atoms with Crippen LogP contribution in [0.4, 0.5) is 0 Å². The van der Waals surface area contributed by atoms with Crippen LogP contribution < -0.4 is 4.74 Å². The number of pyridine rings is 2. The van der Waals surface area contributed by atoms with E-state index in [4.69, 9.17) is 4.74 Å². The summed E-state index contributed by atoms with van der Waals surface area (Å²) in [5, 5.41) is 9.75. The van der Waals surface area contributed by atoms with Gasteiger partial charge in [0.2, 0.25) is 11.8 Å². The number of nitrogens with zero attached hydrogens (tertiary/aromatic N) is 4. The molecule has 0 aromatic carbocycles. The first-order valence-corrected chi connectivity index (χ1v) is 11.2. The van der Waals surface area contributed by atoms with Crippen LogP contribution in [0.15, 0.2) is 42.9 Å². The number of allylic oxidation sites excluding steroid dienone is 1. The second-order valence-corrected chi connectivity index (χ2v) is 8.56. The lowest BCUT2D eigenvalue weighted by Crippen LogP contribution is -2.50. The number of aliphatic hydroxyl groups is 1. The van der Waals surface area contributed by atoms with Gasteiger partial charge in [0, 0.05) is 38.1 Å². The largest absolute Gasteiger partial charge is 0.472 e. The molecule has 0 bridgehead atoms. The molecule has 0 spiro atoms. The summed E-state index contributed by atoms with van der Waals surface area (Å²) in [6.07, 6.45) is 8.63. The number of hydrogen-bond acceptors (Lipinski definition) is 6. The minimum atomic E-state index is -0.381. The van der Waals surface area contributed by atoms with Gasteiger partial charge in [-0.15, -0.1) is 0 Å². The maximum Gasteiger partial charge on any atom is 0.259 e. The van der Waals surface area contributed by atoms with Crippen molar-refractivity contribution in [2.75, 3.05) is 26.7 Å². The zero-order valence-electron chi connectivity index (χ0n) is 19.6. The first-order chi connectivity index (χ1) is 15.8. The third-order valence-electron chi connectivity index (χ3n) is 5.86. The fourth-order valence-electron chi connectivity index (χ4n) is 3.80. The smallest absolute Gasteiger partial charge is 0.259 e. The maximum atomic E-state index is 13.3. The number of carbonyl (C=O) groups excluding carboxylic acids is 2. The molecule has 0 fully saturated rings. The third kappa shape index (κ3) is 5.96. The van der Waals surface area contributed by atoms with Crippen molar-refractivity contribution in [3.63, 3.8) is 0 Å². The van der Waals surface area contributed by atoms with E-state index in [0.29, 0.717) is 18.7 Å². The first kappa shape index (κ1) is 24.4. The number of likely N-dealkylation sites (N-methyl/N-ethyl adjacent to an activating group) is 1. The van der Waals surface area contributed by atoms with Gasteiger partial charge in [0.1, 0.15) is 11.7 Å². The fourth-order valence-corrected chi connectivity index (χ4v) is 3.80. The van der Waals surface area contributed by atoms with Crippen LogP contribution in [0, 0.1) is 5.92 Å². The van der Waals surface area contributed by atoms with Crippen molar-refractivity contribution < 1.29 is 19.4 Å². The molecule has 0 radical (unpaired) electrons. The number of aromatic nitrogens is 2. The van der Waals surface area contributed by atoms with Crippen molar-refractivity contribution in [1.29, 1.82) is 0 Å². The summed E-state index contributed by atoms with van der Waals surface area (Å²) in [4.78, 5) is 37.9. The number of ether oxygens (including phenoxy) is 1. The Morgan fingerprint density at radius 2 is 2.21 bits per heavy atom. The highest BCUT2D eigenvalue weighted by atomic mass is 16.5. The predicted octanol–water partition coefficient (Wildman–Crippen LogP) is 2.43. The summed E-state index contributed by atoms with van der Waals surface area (Å²) < 4.78 is 6.23. The molecule has 33 heavy (non-hydrogen) atoms. The monoisotopic (exact) mass is 452 g/mol. The lowest BCUT2D eigenvalue weighted by atomic mass is 9.99. The third-order valence-corrected chi connectivity index (χ3v) is 5.86. The van der Waals surface area contributed by atoms with Crippen LogP contribution in [0.25, 0.3) is 6.08 Å². The Balaban J connectivity index is 1.87. The summed E-state index contributed by atoms with van der Waals surface area (Å²) in [6, 6.07) is 5.07. The molecule has 3 atom stereocenters. The number of aliphatic hydroxyl groups excluding tert-OH is 1. The molecular formula is C25H32N4O4. The quantitative estimate of drug-likeness (QED) is 0.693. The summed E-state index contributed by atoms with van der Waals surface area (Å²) in [6.45, 7) is 6.27. The Hall–Kier alpha value is -3.26. The molecule has 8 nitrogen and oxygen atoms in total. The summed E-state index contributed by atoms with van der Waals surface area (Å²) in [5.74, 6) is -0.124. The van der Waals surface area contributed by atoms with Gasteiger partial charge in [0.05, 0.1) is 25.6 Å². The standard InChI is InChI=1S/C25H32N4O4/c1-5-7-19-10-21-24(27-13-19)33-22(17(2)14-29(25(21)32)18(3)16-30)15-28(4)23(31)11-20-8-6-9-26-12-20/h5-10,12-13,17-18,22,30H,11,14-16H2,1-4H3/b7-5+/t17-,18-,22-/m0/s1. The van der Waals surface area contributed by atoms with Gasteiger partial charge in [-0.25, -0.2) is 4.98 Å². The van der Waals surface area contributed by atoms with Crippen LogP contribution >= 0.6 is 0 Å². The second-order valence-electron chi connectivity index (χ2n) is 8.56. The molecule has 3 heterocycles. The molecule has 1 aliphatic rings. The van der Waals surface area contributed by atoms with E-state index in [1.807, 2.05) is 39.0 Å². The predicted molar refractivity (Wildman–Crippen MR) is 126 cm³/mol. The fraction of sp³-hybridized carbons (Fsp3) is 0.440. The van der Waals surface area contributed by atoms with Crippen LogP contribution in [0.2, 0.25) is 0 Å². The van der Waals surface area contributed by atoms with Crippen molar-refractivity contribution in [3.8, 4) is 5.88 Å². The van der Waals surface area contributed by atoms with E-state index in [1.165, 1.54) is 0 Å². The lowest BCUT2D eigenvalue weighted by molar-refractivity contribution is -0.130. The molecule has 8 heteroatoms. The minimum Gasteiger partial charge on any atom is -0.472 e. The van der Waals surface area contributed by atoms with E-state index in [9.17, 15) is 14.7 Å². The molecule has 3 rings (SSSR count). The number of carbonyl (C=O) groups is 2. The number of amides is 2. The lowest BCUT2D eigenvalue weighted by Gasteiger charge is -2.37. The SMILES string of the molecule is C/C=C/c1cnc2c(c1)C(=O)N([C@@H](C)CO)C[C@H](C)[C@H](CN(C)C(=O)Cc1cccnc1)O2. The molecule has 1 N–H and O–H groups in total. The van der Waals surface area contributed by atoms with Gasteiger partial charge < -0.3 is 19.6 Å². The Morgan fingerprint density at radius 3 is 2.88 bits per heavy atom. The van der Waals surface area contributed by atoms with Gasteiger partial charge in [-0.3, -0.25) is 14.6 Å². The molecule has 2 aromatic rings. The molecule has 2 aromatic heterocycles. The van der Waals surface area contributed by atoms with Crippen LogP contribution in [0.1, 0.15) is 42.3 Å². The van der Waals surface area contributed by atoms with Crippen molar-refractivity contribution in [2.24, 2.45) is 5.92 Å². The number of rotatable bonds is 7. The zero-order chi connectivity index (χ0) is 24.0. The van der Waals surface area contributed by atoms with Crippen LogP contribution in [0.5, 0.6) is 5.88 Å². The average molecular weight is 453 g/mol. The van der Waals surface area contributed by atoms with Gasteiger partial charge in [-0.05, 0) is 37.1 Å². The summed E-state index contributed by atoms with van der Waals surface area (Å²) in [5.41, 5.74) is 1.99. The summed E-state index contributed by atoms with van der Waals surface area (Å²) >= 11 is 0. The van der Waals surface area contributed by atoms with E-state index in [1.54, 1.807) is 47.6 Å². The minimum absolute atomic E-state index is 0.0471. The normalized spacial score (nSPS) is 19.4. The average Bonchev–Trinajstić information content (AvgIpc) is 2.82. The van der Waals surface area contributed by atoms with E-state index < -0.39 is 0 Å². The Kier molecular flexibility index (Phi) is 8.16. The summed E-state index contributed by atoms with van der Waals surface area (Å²) in [7, 11) is 1.75. The van der Waals surface area contributed by atoms with Gasteiger partial charge >= 0.3 is 0 Å². The van der Waals surface area contributed by atoms with Gasteiger partial charge in [0.15, 0.2) is 0 Å². The van der Waals surface area contributed by atoms with Crippen molar-refractivity contribution >= 4 is 17.9 Å². The molecule has 1 aliphatic heterocycles. The van der Waals surface area contributed by atoms with Crippen LogP contribution in [-0.4, -0.2) is 75.6 Å². The van der Waals surface area contributed by atoms with Crippen molar-refractivity contribution in [1.82, 2.24) is 19.8 Å². The highest BCUT2D eigenvalue weighted by Gasteiger charge is 2.34. The van der Waals surface area contributed by atoms with E-state index >= 15 is 0 Å². The van der Waals surface area contributed by atoms with Crippen molar-refractivity contribution in [3.05, 3.63) is 59.6 Å². The van der Waals surface area contributed by atoms with E-state index in [-0.39, 0.29) is 48.8 Å². The Bertz CT molecular complexity index is 995. The highest BCUT2D eigenvalue weighted by Crippen LogP contribution is 2.27. The molecule has 0 aliphatic carbocycles. The topological polar surface area (TPSA) is 95.9 Å². The molecule has 0 unspecified atom stereocenters.